The van der Waals surface area contributed by atoms with Gasteiger partial charge in [-0.2, -0.15) is 0 Å². The molecule has 9 heteroatoms. The second kappa shape index (κ2) is 13.7. The van der Waals surface area contributed by atoms with Crippen molar-refractivity contribution in [3.8, 4) is 0 Å². The molecule has 5 rings (SSSR count). The van der Waals surface area contributed by atoms with Gasteiger partial charge in [0, 0.05) is 44.5 Å². The number of rotatable bonds is 9. The lowest BCUT2D eigenvalue weighted by Gasteiger charge is -2.46. The molecule has 1 heterocycles. The number of hydrogen-bond acceptors (Lipinski definition) is 1. The first-order valence-corrected chi connectivity index (χ1v) is 16.9. The second-order valence-electron chi connectivity index (χ2n) is 10.4. The van der Waals surface area contributed by atoms with E-state index in [2.05, 4.69) is 12.1 Å². The van der Waals surface area contributed by atoms with E-state index in [0.717, 1.165) is 30.4 Å². The molecular formula is C33H31F6NP2. The Bertz CT molecular complexity index is 1400. The molecule has 0 aliphatic carbocycles. The Labute approximate surface area is 245 Å². The van der Waals surface area contributed by atoms with Crippen LogP contribution in [0.2, 0.25) is 0 Å². The van der Waals surface area contributed by atoms with Crippen LogP contribution in [0.5, 0.6) is 0 Å². The molecule has 1 aliphatic rings. The van der Waals surface area contributed by atoms with E-state index in [1.807, 2.05) is 59.9 Å². The molecule has 1 aliphatic heterocycles. The third kappa shape index (κ3) is 6.59. The maximum absolute atomic E-state index is 15.6. The number of halogens is 6. The summed E-state index contributed by atoms with van der Waals surface area (Å²) in [5.41, 5.74) is 2.14. The minimum Gasteiger partial charge on any atom is -0.252 e. The molecule has 4 aromatic carbocycles. The molecule has 0 bridgehead atoms. The summed E-state index contributed by atoms with van der Waals surface area (Å²) >= 11 is 0. The molecule has 0 N–H and O–H groups in total. The van der Waals surface area contributed by atoms with Crippen LogP contribution in [0.3, 0.4) is 0 Å². The van der Waals surface area contributed by atoms with Crippen LogP contribution in [0, 0.1) is 34.9 Å². The normalized spacial score (nSPS) is 19.0. The van der Waals surface area contributed by atoms with E-state index in [0.29, 0.717) is 43.4 Å². The molecule has 3 atom stereocenters. The first kappa shape index (κ1) is 30.7. The molecule has 0 aromatic heterocycles. The van der Waals surface area contributed by atoms with Crippen molar-refractivity contribution in [2.45, 2.75) is 44.2 Å². The number of unbranched alkanes of at least 4 members (excludes halogenated alkanes) is 1. The zero-order chi connectivity index (χ0) is 29.8. The average Bonchev–Trinajstić information content (AvgIpc) is 2.97. The lowest BCUT2D eigenvalue weighted by molar-refractivity contribution is 0.542. The van der Waals surface area contributed by atoms with Gasteiger partial charge in [-0.15, -0.1) is 0 Å². The summed E-state index contributed by atoms with van der Waals surface area (Å²) < 4.78 is 92.5. The van der Waals surface area contributed by atoms with Gasteiger partial charge in [-0.05, 0) is 50.5 Å². The SMILES string of the molecule is CCCCN(P(c1c(F)cc(F)cc1F)c1c(F)cc(F)cc1F)P1C[C@H](c2ccccc2)CC[C@H]1c1ccccc1. The van der Waals surface area contributed by atoms with Crippen LogP contribution in [-0.4, -0.2) is 17.1 Å². The van der Waals surface area contributed by atoms with Gasteiger partial charge in [0.25, 0.3) is 0 Å². The Hall–Kier alpha value is -2.72. The molecule has 0 amide bonds. The van der Waals surface area contributed by atoms with Gasteiger partial charge >= 0.3 is 0 Å². The van der Waals surface area contributed by atoms with Gasteiger partial charge in [-0.1, -0.05) is 74.0 Å². The zero-order valence-corrected chi connectivity index (χ0v) is 24.9. The van der Waals surface area contributed by atoms with Crippen LogP contribution in [0.25, 0.3) is 0 Å². The summed E-state index contributed by atoms with van der Waals surface area (Å²) in [5, 5.41) is -1.16. The van der Waals surface area contributed by atoms with Crippen LogP contribution in [0.1, 0.15) is 55.3 Å². The predicted molar refractivity (Wildman–Crippen MR) is 160 cm³/mol. The molecule has 1 unspecified atom stereocenters. The van der Waals surface area contributed by atoms with Crippen LogP contribution < -0.4 is 10.6 Å². The Morgan fingerprint density at radius 2 is 1.17 bits per heavy atom. The highest BCUT2D eigenvalue weighted by atomic mass is 31.2. The van der Waals surface area contributed by atoms with E-state index in [9.17, 15) is 8.78 Å². The van der Waals surface area contributed by atoms with Crippen molar-refractivity contribution in [2.24, 2.45) is 0 Å². The lowest BCUT2D eigenvalue weighted by Crippen LogP contribution is -2.35. The van der Waals surface area contributed by atoms with Crippen molar-refractivity contribution < 1.29 is 26.3 Å². The number of hydrogen-bond donors (Lipinski definition) is 0. The van der Waals surface area contributed by atoms with E-state index in [-0.39, 0.29) is 11.6 Å². The Morgan fingerprint density at radius 1 is 0.690 bits per heavy atom. The Morgan fingerprint density at radius 3 is 1.64 bits per heavy atom. The van der Waals surface area contributed by atoms with Crippen LogP contribution in [0.15, 0.2) is 84.9 Å². The monoisotopic (exact) mass is 617 g/mol. The van der Waals surface area contributed by atoms with Gasteiger partial charge in [-0.25, -0.2) is 26.3 Å². The molecule has 0 radical (unpaired) electrons. The Balaban J connectivity index is 1.73. The van der Waals surface area contributed by atoms with Crippen molar-refractivity contribution in [2.75, 3.05) is 12.7 Å². The first-order chi connectivity index (χ1) is 20.3. The lowest BCUT2D eigenvalue weighted by atomic mass is 9.93. The van der Waals surface area contributed by atoms with Gasteiger partial charge in [-0.3, -0.25) is 4.44 Å². The summed E-state index contributed by atoms with van der Waals surface area (Å²) in [5.74, 6) is -6.99. The summed E-state index contributed by atoms with van der Waals surface area (Å²) in [6.45, 7) is 2.28. The van der Waals surface area contributed by atoms with E-state index >= 15 is 17.6 Å². The van der Waals surface area contributed by atoms with E-state index < -0.39 is 61.7 Å². The van der Waals surface area contributed by atoms with E-state index in [4.69, 9.17) is 0 Å². The smallest absolute Gasteiger partial charge is 0.138 e. The highest BCUT2D eigenvalue weighted by Gasteiger charge is 2.42. The van der Waals surface area contributed by atoms with Crippen molar-refractivity contribution in [1.29, 1.82) is 0 Å². The summed E-state index contributed by atoms with van der Waals surface area (Å²) in [7, 11) is -3.83. The minimum absolute atomic E-state index is 0.0406. The van der Waals surface area contributed by atoms with Crippen molar-refractivity contribution >= 4 is 26.8 Å². The van der Waals surface area contributed by atoms with Crippen molar-refractivity contribution in [1.82, 2.24) is 4.44 Å². The summed E-state index contributed by atoms with van der Waals surface area (Å²) in [6, 6.07) is 22.0. The third-order valence-electron chi connectivity index (χ3n) is 7.64. The summed E-state index contributed by atoms with van der Waals surface area (Å²) in [6.07, 6.45) is 3.61. The highest BCUT2D eigenvalue weighted by Crippen LogP contribution is 2.68. The minimum atomic E-state index is -2.53. The largest absolute Gasteiger partial charge is 0.252 e. The molecule has 1 fully saturated rings. The quantitative estimate of drug-likeness (QED) is 0.134. The first-order valence-electron chi connectivity index (χ1n) is 14.0. The molecule has 0 spiro atoms. The standard InChI is InChI=1S/C33H31F6NP2/c1-2-3-16-40(41-21-24(22-10-6-4-7-11-22)14-15-31(41)23-12-8-5-9-13-23)42(32-27(36)17-25(34)18-28(32)37)33-29(38)19-26(35)20-30(33)39/h4-13,17-20,24,31H,2-3,14-16,21H2,1H3/t24-,31+,41?/m1/s1. The molecule has 0 saturated carbocycles. The molecule has 42 heavy (non-hydrogen) atoms. The molecule has 1 saturated heterocycles. The molecular weight excluding hydrogens is 586 g/mol. The maximum Gasteiger partial charge on any atom is 0.138 e. The van der Waals surface area contributed by atoms with Gasteiger partial charge in [0.15, 0.2) is 0 Å². The van der Waals surface area contributed by atoms with Crippen LogP contribution in [-0.2, 0) is 0 Å². The topological polar surface area (TPSA) is 3.24 Å². The van der Waals surface area contributed by atoms with E-state index in [1.54, 1.807) is 0 Å². The number of benzene rings is 4. The zero-order valence-electron chi connectivity index (χ0n) is 23.1. The van der Waals surface area contributed by atoms with Crippen LogP contribution >= 0.6 is 16.1 Å². The van der Waals surface area contributed by atoms with Gasteiger partial charge in [0.1, 0.15) is 34.9 Å². The average molecular weight is 618 g/mol. The van der Waals surface area contributed by atoms with Gasteiger partial charge < -0.3 is 0 Å². The van der Waals surface area contributed by atoms with Crippen molar-refractivity contribution in [3.05, 3.63) is 131 Å². The molecule has 4 aromatic rings. The van der Waals surface area contributed by atoms with Gasteiger partial charge in [0.05, 0.1) is 10.6 Å². The third-order valence-corrected chi connectivity index (χ3v) is 14.1. The fraction of sp³-hybridized carbons (Fsp3) is 0.273. The van der Waals surface area contributed by atoms with E-state index in [1.165, 1.54) is 0 Å². The fourth-order valence-corrected chi connectivity index (χ4v) is 12.8. The molecule has 220 valence electrons. The number of nitrogens with zero attached hydrogens (tertiary/aromatic N) is 1. The van der Waals surface area contributed by atoms with Gasteiger partial charge in [0.2, 0.25) is 0 Å². The summed E-state index contributed by atoms with van der Waals surface area (Å²) in [4.78, 5) is 0. The molecule has 1 nitrogen and oxygen atoms in total. The Kier molecular flexibility index (Phi) is 10.0. The fourth-order valence-electron chi connectivity index (χ4n) is 5.68. The second-order valence-corrected chi connectivity index (χ2v) is 15.1. The maximum atomic E-state index is 15.6. The highest BCUT2D eigenvalue weighted by molar-refractivity contribution is 7.79. The predicted octanol–water partition coefficient (Wildman–Crippen LogP) is 9.69. The van der Waals surface area contributed by atoms with Crippen molar-refractivity contribution in [3.63, 3.8) is 0 Å². The van der Waals surface area contributed by atoms with Crippen LogP contribution in [0.4, 0.5) is 26.3 Å².